The lowest BCUT2D eigenvalue weighted by molar-refractivity contribution is 0.200. The van der Waals surface area contributed by atoms with Crippen LogP contribution in [0.3, 0.4) is 0 Å². The summed E-state index contributed by atoms with van der Waals surface area (Å²) in [6.07, 6.45) is 7.61. The maximum atomic E-state index is 5.85. The van der Waals surface area contributed by atoms with E-state index in [1.807, 2.05) is 6.92 Å². The van der Waals surface area contributed by atoms with Gasteiger partial charge in [0.25, 0.3) is 0 Å². The molecule has 0 amide bonds. The van der Waals surface area contributed by atoms with E-state index in [9.17, 15) is 0 Å². The molecule has 0 radical (unpaired) electrons. The minimum Gasteiger partial charge on any atom is -0.473 e. The van der Waals surface area contributed by atoms with E-state index in [4.69, 9.17) is 16.3 Å². The average molecular weight is 283 g/mol. The van der Waals surface area contributed by atoms with Gasteiger partial charge < -0.3 is 9.72 Å². The van der Waals surface area contributed by atoms with Crippen LogP contribution < -0.4 is 4.74 Å². The first-order valence-corrected chi connectivity index (χ1v) is 7.11. The largest absolute Gasteiger partial charge is 0.473 e. The molecule has 104 valence electrons. The molecule has 1 atom stereocenters. The molecule has 0 bridgehead atoms. The van der Waals surface area contributed by atoms with E-state index in [1.54, 1.807) is 6.33 Å². The molecule has 1 N–H and O–H groups in total. The van der Waals surface area contributed by atoms with E-state index >= 15 is 0 Å². The lowest BCUT2D eigenvalue weighted by Crippen LogP contribution is -2.13. The van der Waals surface area contributed by atoms with Crippen LogP contribution in [0.15, 0.2) is 6.33 Å². The van der Waals surface area contributed by atoms with Crippen molar-refractivity contribution in [3.63, 3.8) is 0 Å². The van der Waals surface area contributed by atoms with Crippen LogP contribution >= 0.6 is 11.6 Å². The summed E-state index contributed by atoms with van der Waals surface area (Å²) in [4.78, 5) is 15.2. The number of nitrogens with one attached hydrogen (secondary N) is 1. The quantitative estimate of drug-likeness (QED) is 0.620. The smallest absolute Gasteiger partial charge is 0.244 e. The number of imidazole rings is 1. The number of unbranched alkanes of at least 4 members (excludes halogenated alkanes) is 3. The summed E-state index contributed by atoms with van der Waals surface area (Å²) in [5, 5.41) is 0.160. The molecule has 1 unspecified atom stereocenters. The summed E-state index contributed by atoms with van der Waals surface area (Å²) >= 11 is 5.85. The number of nitrogens with zero attached hydrogens (tertiary/aromatic N) is 3. The fourth-order valence-corrected chi connectivity index (χ4v) is 2.13. The van der Waals surface area contributed by atoms with Crippen molar-refractivity contribution in [1.29, 1.82) is 0 Å². The molecule has 5 nitrogen and oxygen atoms in total. The number of aromatic nitrogens is 4. The second-order valence-corrected chi connectivity index (χ2v) is 5.01. The highest BCUT2D eigenvalue weighted by atomic mass is 35.5. The number of fused-ring (bicyclic) bond motifs is 1. The normalized spacial score (nSPS) is 12.8. The van der Waals surface area contributed by atoms with Gasteiger partial charge in [-0.25, -0.2) is 4.98 Å². The maximum absolute atomic E-state index is 5.85. The molecule has 0 aliphatic rings. The summed E-state index contributed by atoms with van der Waals surface area (Å²) in [6, 6.07) is 0. The van der Waals surface area contributed by atoms with Crippen molar-refractivity contribution in [3.05, 3.63) is 11.6 Å². The van der Waals surface area contributed by atoms with E-state index in [-0.39, 0.29) is 11.4 Å². The number of hydrogen-bond donors (Lipinski definition) is 1. The Hall–Kier alpha value is -1.36. The van der Waals surface area contributed by atoms with E-state index in [1.165, 1.54) is 25.7 Å². The van der Waals surface area contributed by atoms with Crippen LogP contribution in [-0.4, -0.2) is 26.0 Å². The highest BCUT2D eigenvalue weighted by Gasteiger charge is 2.13. The minimum atomic E-state index is 0.106. The summed E-state index contributed by atoms with van der Waals surface area (Å²) in [5.74, 6) is 0.482. The van der Waals surface area contributed by atoms with Crippen molar-refractivity contribution < 1.29 is 4.74 Å². The van der Waals surface area contributed by atoms with Gasteiger partial charge in [-0.05, 0) is 31.4 Å². The van der Waals surface area contributed by atoms with Crippen LogP contribution in [0.25, 0.3) is 11.2 Å². The van der Waals surface area contributed by atoms with Gasteiger partial charge in [0.2, 0.25) is 11.2 Å². The van der Waals surface area contributed by atoms with Crippen molar-refractivity contribution in [3.8, 4) is 5.88 Å². The molecular formula is C13H19ClN4O. The fourth-order valence-electron chi connectivity index (χ4n) is 1.97. The molecule has 0 aliphatic carbocycles. The summed E-state index contributed by atoms with van der Waals surface area (Å²) in [5.41, 5.74) is 1.23. The first-order chi connectivity index (χ1) is 9.20. The highest BCUT2D eigenvalue weighted by molar-refractivity contribution is 6.28. The number of H-pyrrole nitrogens is 1. The maximum Gasteiger partial charge on any atom is 0.244 e. The predicted octanol–water partition coefficient (Wildman–Crippen LogP) is 3.74. The standard InChI is InChI=1S/C13H19ClN4O/c1-3-4-5-6-7-9(2)19-12-10-11(16-8-15-10)17-13(14)18-12/h8-9H,3-7H2,1-2H3,(H,15,16,17,18). The molecule has 2 aromatic heterocycles. The van der Waals surface area contributed by atoms with Crippen molar-refractivity contribution in [2.75, 3.05) is 0 Å². The van der Waals surface area contributed by atoms with Crippen molar-refractivity contribution in [2.24, 2.45) is 0 Å². The average Bonchev–Trinajstić information content (AvgIpc) is 2.82. The third kappa shape index (κ3) is 3.80. The molecule has 2 heterocycles. The van der Waals surface area contributed by atoms with Crippen molar-refractivity contribution >= 4 is 22.8 Å². The third-order valence-electron chi connectivity index (χ3n) is 3.00. The highest BCUT2D eigenvalue weighted by Crippen LogP contribution is 2.22. The van der Waals surface area contributed by atoms with Crippen molar-refractivity contribution in [2.45, 2.75) is 52.1 Å². The number of aromatic amines is 1. The fraction of sp³-hybridized carbons (Fsp3) is 0.615. The number of halogens is 1. The number of rotatable bonds is 7. The monoisotopic (exact) mass is 282 g/mol. The Morgan fingerprint density at radius 2 is 2.16 bits per heavy atom. The van der Waals surface area contributed by atoms with Gasteiger partial charge in [-0.2, -0.15) is 9.97 Å². The Bertz CT molecular complexity index is 528. The van der Waals surface area contributed by atoms with Gasteiger partial charge in [0.05, 0.1) is 12.4 Å². The lowest BCUT2D eigenvalue weighted by atomic mass is 10.1. The van der Waals surface area contributed by atoms with Crippen LogP contribution in [0.5, 0.6) is 5.88 Å². The Balaban J connectivity index is 1.98. The Kier molecular flexibility index (Phi) is 4.96. The molecule has 2 rings (SSSR count). The first-order valence-electron chi connectivity index (χ1n) is 6.74. The molecule has 0 aliphatic heterocycles. The Morgan fingerprint density at radius 1 is 1.32 bits per heavy atom. The van der Waals surface area contributed by atoms with Crippen LogP contribution in [0.1, 0.15) is 46.0 Å². The Morgan fingerprint density at radius 3 is 2.95 bits per heavy atom. The van der Waals surface area contributed by atoms with Gasteiger partial charge in [0.1, 0.15) is 5.52 Å². The molecule has 0 saturated carbocycles. The molecular weight excluding hydrogens is 264 g/mol. The van der Waals surface area contributed by atoms with Crippen LogP contribution in [0, 0.1) is 0 Å². The molecule has 6 heteroatoms. The third-order valence-corrected chi connectivity index (χ3v) is 3.17. The zero-order chi connectivity index (χ0) is 13.7. The Labute approximate surface area is 117 Å². The topological polar surface area (TPSA) is 63.7 Å². The zero-order valence-corrected chi connectivity index (χ0v) is 12.1. The van der Waals surface area contributed by atoms with Gasteiger partial charge in [0.15, 0.2) is 5.65 Å². The number of ether oxygens (including phenoxy) is 1. The lowest BCUT2D eigenvalue weighted by Gasteiger charge is -2.14. The molecule has 19 heavy (non-hydrogen) atoms. The molecule has 0 aromatic carbocycles. The van der Waals surface area contributed by atoms with E-state index < -0.39 is 0 Å². The second-order valence-electron chi connectivity index (χ2n) is 4.68. The SMILES string of the molecule is CCCCCCC(C)Oc1nc(Cl)nc2nc[nH]c12. The predicted molar refractivity (Wildman–Crippen MR) is 75.5 cm³/mol. The molecule has 0 fully saturated rings. The molecule has 2 aromatic rings. The minimum absolute atomic E-state index is 0.106. The molecule has 0 saturated heterocycles. The van der Waals surface area contributed by atoms with Gasteiger partial charge in [-0.15, -0.1) is 0 Å². The van der Waals surface area contributed by atoms with E-state index in [2.05, 4.69) is 26.9 Å². The van der Waals surface area contributed by atoms with Crippen molar-refractivity contribution in [1.82, 2.24) is 19.9 Å². The van der Waals surface area contributed by atoms with Crippen LogP contribution in [-0.2, 0) is 0 Å². The summed E-state index contributed by atoms with van der Waals surface area (Å²) in [6.45, 7) is 4.25. The van der Waals surface area contributed by atoms with E-state index in [0.717, 1.165) is 6.42 Å². The van der Waals surface area contributed by atoms with Gasteiger partial charge in [0, 0.05) is 0 Å². The van der Waals surface area contributed by atoms with E-state index in [0.29, 0.717) is 17.0 Å². The number of hydrogen-bond acceptors (Lipinski definition) is 4. The summed E-state index contributed by atoms with van der Waals surface area (Å²) < 4.78 is 5.84. The zero-order valence-electron chi connectivity index (χ0n) is 11.3. The first kappa shape index (κ1) is 14.1. The summed E-state index contributed by atoms with van der Waals surface area (Å²) in [7, 11) is 0. The van der Waals surface area contributed by atoms with Gasteiger partial charge in [-0.3, -0.25) is 0 Å². The second kappa shape index (κ2) is 6.70. The van der Waals surface area contributed by atoms with Crippen LogP contribution in [0.2, 0.25) is 5.28 Å². The van der Waals surface area contributed by atoms with Crippen LogP contribution in [0.4, 0.5) is 0 Å². The van der Waals surface area contributed by atoms with Gasteiger partial charge in [-0.1, -0.05) is 26.2 Å². The molecule has 0 spiro atoms. The van der Waals surface area contributed by atoms with Gasteiger partial charge >= 0.3 is 0 Å².